The van der Waals surface area contributed by atoms with Crippen LogP contribution in [0, 0.1) is 0 Å². The number of hydrazone groups is 1. The van der Waals surface area contributed by atoms with E-state index in [9.17, 15) is 73.4 Å². The van der Waals surface area contributed by atoms with Crippen LogP contribution < -0.4 is 15.1 Å². The number of carbonyl (C=O) groups is 4. The minimum absolute atomic E-state index is 0.0831. The SMILES string of the molecule is COc1cc(/N=N/c2ccc(S(=O)(=O)O)cc2C(=O)O)c(NC(C)=O)cc1/N=N/c1c(S(=O)(=O)O)cc2cc(/N=N/C3C(=O)N(c4ccc(S(=O)(=O)O)cc4)N=C3C(=O)O)ccc2c1O. The zero-order chi connectivity index (χ0) is 47.8. The number of carboxylic acid groups (broad SMARTS) is 2. The largest absolute Gasteiger partial charge is 0.505 e. The van der Waals surface area contributed by atoms with Crippen LogP contribution in [0.5, 0.6) is 11.5 Å². The summed E-state index contributed by atoms with van der Waals surface area (Å²) in [6.45, 7) is 1.12. The average Bonchev–Trinajstić information content (AvgIpc) is 3.56. The van der Waals surface area contributed by atoms with E-state index in [0.717, 1.165) is 74.7 Å². The number of aliphatic carboxylic acids is 1. The first-order valence-corrected chi connectivity index (χ1v) is 21.8. The maximum Gasteiger partial charge on any atom is 0.355 e. The molecule has 7 N–H and O–H groups in total. The number of nitrogens with zero attached hydrogens (tertiary/aromatic N) is 8. The maximum atomic E-state index is 13.2. The molecule has 1 heterocycles. The van der Waals surface area contributed by atoms with Gasteiger partial charge >= 0.3 is 11.9 Å². The number of fused-ring (bicyclic) bond motifs is 1. The van der Waals surface area contributed by atoms with E-state index in [1.54, 1.807) is 0 Å². The van der Waals surface area contributed by atoms with Gasteiger partial charge in [-0.3, -0.25) is 23.2 Å². The Labute approximate surface area is 364 Å². The quantitative estimate of drug-likeness (QED) is 0.0516. The summed E-state index contributed by atoms with van der Waals surface area (Å²) in [5.41, 5.74) is -3.38. The predicted molar refractivity (Wildman–Crippen MR) is 221 cm³/mol. The van der Waals surface area contributed by atoms with Crippen molar-refractivity contribution in [3.63, 3.8) is 0 Å². The van der Waals surface area contributed by atoms with E-state index < -0.39 is 97.5 Å². The lowest BCUT2D eigenvalue weighted by molar-refractivity contribution is -0.130. The van der Waals surface area contributed by atoms with E-state index in [2.05, 4.69) is 41.1 Å². The van der Waals surface area contributed by atoms with Crippen molar-refractivity contribution in [1.29, 1.82) is 0 Å². The van der Waals surface area contributed by atoms with Gasteiger partial charge in [0.2, 0.25) is 11.9 Å². The van der Waals surface area contributed by atoms with Crippen molar-refractivity contribution in [3.05, 3.63) is 84.4 Å². The normalized spacial score (nSPS) is 14.7. The Kier molecular flexibility index (Phi) is 12.6. The summed E-state index contributed by atoms with van der Waals surface area (Å²) in [7, 11) is -13.4. The molecule has 5 aromatic rings. The third-order valence-corrected chi connectivity index (χ3v) is 11.3. The van der Waals surface area contributed by atoms with Gasteiger partial charge in [0.1, 0.15) is 33.4 Å². The molecular weight excluding hydrogens is 927 g/mol. The molecule has 0 fully saturated rings. The van der Waals surface area contributed by atoms with Crippen molar-refractivity contribution in [1.82, 2.24) is 0 Å². The van der Waals surface area contributed by atoms with Crippen LogP contribution in [0.15, 0.2) is 129 Å². The zero-order valence-corrected chi connectivity index (χ0v) is 35.0. The van der Waals surface area contributed by atoms with Crippen molar-refractivity contribution < 1.29 is 78.1 Å². The number of aromatic carboxylic acids is 1. The monoisotopic (exact) mass is 953 g/mol. The van der Waals surface area contributed by atoms with Gasteiger partial charge < -0.3 is 25.4 Å². The number of carboxylic acids is 2. The molecule has 26 nitrogen and oxygen atoms in total. The maximum absolute atomic E-state index is 13.2. The molecule has 0 radical (unpaired) electrons. The average molecular weight is 954 g/mol. The molecule has 0 aliphatic carbocycles. The van der Waals surface area contributed by atoms with Crippen molar-refractivity contribution in [2.75, 3.05) is 17.4 Å². The number of phenols is 1. The summed E-state index contributed by atoms with van der Waals surface area (Å²) in [5.74, 6) is -5.98. The second kappa shape index (κ2) is 17.7. The number of rotatable bonds is 14. The van der Waals surface area contributed by atoms with Crippen LogP contribution in [0.2, 0.25) is 0 Å². The van der Waals surface area contributed by atoms with Gasteiger partial charge in [-0.05, 0) is 78.2 Å². The van der Waals surface area contributed by atoms with Crippen LogP contribution >= 0.6 is 0 Å². The van der Waals surface area contributed by atoms with E-state index in [4.69, 9.17) is 4.74 Å². The summed E-state index contributed by atoms with van der Waals surface area (Å²) >= 11 is 0. The molecule has 0 saturated heterocycles. The molecule has 1 aliphatic heterocycles. The summed E-state index contributed by atoms with van der Waals surface area (Å²) in [6, 6.07) is 11.4. The number of benzene rings is 5. The molecule has 0 aromatic heterocycles. The van der Waals surface area contributed by atoms with E-state index >= 15 is 0 Å². The summed E-state index contributed by atoms with van der Waals surface area (Å²) in [6.07, 6.45) is 0. The first-order chi connectivity index (χ1) is 30.4. The van der Waals surface area contributed by atoms with Crippen molar-refractivity contribution in [2.45, 2.75) is 27.7 Å². The number of amides is 2. The van der Waals surface area contributed by atoms with Crippen LogP contribution in [0.3, 0.4) is 0 Å². The lowest BCUT2D eigenvalue weighted by atomic mass is 10.1. The van der Waals surface area contributed by atoms with Crippen LogP contribution in [0.1, 0.15) is 17.3 Å². The van der Waals surface area contributed by atoms with E-state index in [0.29, 0.717) is 11.1 Å². The number of methoxy groups -OCH3 is 1. The molecule has 29 heteroatoms. The van der Waals surface area contributed by atoms with Crippen molar-refractivity contribution >= 4 is 110 Å². The van der Waals surface area contributed by atoms with Gasteiger partial charge in [-0.2, -0.15) is 45.6 Å². The highest BCUT2D eigenvalue weighted by Crippen LogP contribution is 2.45. The smallest absolute Gasteiger partial charge is 0.355 e. The first-order valence-electron chi connectivity index (χ1n) is 17.5. The molecule has 6 rings (SSSR count). The van der Waals surface area contributed by atoms with Gasteiger partial charge in [0.25, 0.3) is 36.3 Å². The number of phenolic OH excluding ortho intramolecular Hbond substituents is 1. The van der Waals surface area contributed by atoms with Gasteiger partial charge in [-0.15, -0.1) is 20.5 Å². The lowest BCUT2D eigenvalue weighted by Gasteiger charge is -2.12. The highest BCUT2D eigenvalue weighted by molar-refractivity contribution is 7.86. The fourth-order valence-electron chi connectivity index (χ4n) is 5.79. The number of ether oxygens (including phenoxy) is 1. The number of anilines is 2. The van der Waals surface area contributed by atoms with Crippen LogP contribution in [-0.4, -0.2) is 96.8 Å². The molecule has 1 unspecified atom stereocenters. The fourth-order valence-corrected chi connectivity index (χ4v) is 7.43. The van der Waals surface area contributed by atoms with Crippen LogP contribution in [0.4, 0.5) is 39.8 Å². The minimum Gasteiger partial charge on any atom is -0.505 e. The van der Waals surface area contributed by atoms with Gasteiger partial charge in [-0.25, -0.2) is 9.59 Å². The molecule has 0 saturated carbocycles. The van der Waals surface area contributed by atoms with Crippen molar-refractivity contribution in [2.24, 2.45) is 35.8 Å². The number of hydrogen-bond acceptors (Lipinski definition) is 19. The molecule has 0 spiro atoms. The highest BCUT2D eigenvalue weighted by Gasteiger charge is 2.41. The standard InChI is InChI=1S/C36H27N9O17S3/c1-16(46)37-25-14-27(28(62-2)15-26(25)40-39-24-10-8-21(64(56,57)58)13-23(24)35(49)50)41-42-30-29(65(59,60)61)12-17-11-18(3-9-22(17)33(30)47)38-43-31-32(36(51)52)44-45(34(31)48)19-4-6-20(7-5-19)63(53,54)55/h3-15,31,47H,1-2H3,(H,37,46)(H,49,50)(H,51,52)(H,53,54,55)(H,56,57,58)(H,59,60,61)/b40-39+,42-41+,43-38+. The van der Waals surface area contributed by atoms with Crippen LogP contribution in [-0.2, 0) is 44.7 Å². The summed E-state index contributed by atoms with van der Waals surface area (Å²) in [5, 5.41) is 60.5. The fraction of sp³-hybridized carbons (Fsp3) is 0.0833. The summed E-state index contributed by atoms with van der Waals surface area (Å²) in [4.78, 5) is 46.9. The number of carbonyl (C=O) groups excluding carboxylic acids is 2. The Morgan fingerprint density at radius 3 is 1.94 bits per heavy atom. The molecule has 336 valence electrons. The topological polar surface area (TPSA) is 403 Å². The molecule has 2 amide bonds. The molecule has 1 atom stereocenters. The Morgan fingerprint density at radius 1 is 0.723 bits per heavy atom. The Balaban J connectivity index is 1.34. The number of nitrogens with one attached hydrogen (secondary N) is 1. The second-order valence-electron chi connectivity index (χ2n) is 13.1. The lowest BCUT2D eigenvalue weighted by Crippen LogP contribution is -2.33. The Bertz CT molecular complexity index is 3340. The van der Waals surface area contributed by atoms with Gasteiger partial charge in [0, 0.05) is 18.4 Å². The minimum atomic E-state index is -5.21. The Morgan fingerprint density at radius 2 is 1.35 bits per heavy atom. The van der Waals surface area contributed by atoms with E-state index in [1.807, 2.05) is 0 Å². The van der Waals surface area contributed by atoms with Gasteiger partial charge in [-0.1, -0.05) is 0 Å². The number of azo groups is 3. The summed E-state index contributed by atoms with van der Waals surface area (Å²) < 4.78 is 105. The Hall–Kier alpha value is -7.96. The molecule has 0 bridgehead atoms. The third-order valence-electron chi connectivity index (χ3n) is 8.74. The zero-order valence-electron chi connectivity index (χ0n) is 32.6. The number of hydrogen-bond donors (Lipinski definition) is 7. The first kappa shape index (κ1) is 46.5. The third kappa shape index (κ3) is 10.1. The molecule has 5 aromatic carbocycles. The van der Waals surface area contributed by atoms with E-state index in [1.165, 1.54) is 12.1 Å². The second-order valence-corrected chi connectivity index (χ2v) is 17.3. The predicted octanol–water partition coefficient (Wildman–Crippen LogP) is 5.72. The van der Waals surface area contributed by atoms with Gasteiger partial charge in [0.05, 0.1) is 39.5 Å². The van der Waals surface area contributed by atoms with Gasteiger partial charge in [0.15, 0.2) is 11.5 Å². The molecular formula is C36H27N9O17S3. The van der Waals surface area contributed by atoms with Crippen LogP contribution in [0.25, 0.3) is 10.8 Å². The highest BCUT2D eigenvalue weighted by atomic mass is 32.2. The molecule has 65 heavy (non-hydrogen) atoms. The van der Waals surface area contributed by atoms with Crippen molar-refractivity contribution in [3.8, 4) is 11.5 Å². The number of aromatic hydroxyl groups is 1. The molecule has 1 aliphatic rings. The van der Waals surface area contributed by atoms with E-state index in [-0.39, 0.29) is 50.6 Å².